The van der Waals surface area contributed by atoms with Gasteiger partial charge in [0.15, 0.2) is 0 Å². The van der Waals surface area contributed by atoms with Gasteiger partial charge in [-0.1, -0.05) is 12.1 Å². The maximum atomic E-state index is 12.7. The molecule has 0 unspecified atom stereocenters. The third-order valence-electron chi connectivity index (χ3n) is 5.04. The average Bonchev–Trinajstić information content (AvgIpc) is 2.97. The zero-order valence-electron chi connectivity index (χ0n) is 17.0. The number of amides is 1. The summed E-state index contributed by atoms with van der Waals surface area (Å²) in [6, 6.07) is 10.2. The predicted octanol–water partition coefficient (Wildman–Crippen LogP) is 4.31. The standard InChI is InChI=1S/C22H26F3N3O2/c1-17-5-2-6-19(15-17)30-14-3-7-21(29)28-11-4-10-27(12-13-28)20-9-8-18(16-26-20)22(23,24)25/h2,5-6,8-9,15-16H,3-4,7,10-14H2,1H3. The van der Waals surface area contributed by atoms with Crippen LogP contribution in [-0.4, -0.2) is 48.6 Å². The van der Waals surface area contributed by atoms with Gasteiger partial charge in [-0.25, -0.2) is 4.98 Å². The van der Waals surface area contributed by atoms with Crippen molar-refractivity contribution in [3.8, 4) is 5.75 Å². The quantitative estimate of drug-likeness (QED) is 0.653. The van der Waals surface area contributed by atoms with Gasteiger partial charge in [-0.05, 0) is 49.6 Å². The second-order valence-electron chi connectivity index (χ2n) is 7.39. The highest BCUT2D eigenvalue weighted by atomic mass is 19.4. The van der Waals surface area contributed by atoms with Crippen LogP contribution in [0.15, 0.2) is 42.6 Å². The molecule has 1 amide bonds. The molecule has 3 rings (SSSR count). The zero-order chi connectivity index (χ0) is 21.6. The number of hydrogen-bond acceptors (Lipinski definition) is 4. The first-order chi connectivity index (χ1) is 14.3. The molecule has 0 spiro atoms. The van der Waals surface area contributed by atoms with Crippen molar-refractivity contribution < 1.29 is 22.7 Å². The molecule has 2 heterocycles. The molecule has 1 aromatic heterocycles. The largest absolute Gasteiger partial charge is 0.494 e. The van der Waals surface area contributed by atoms with Gasteiger partial charge in [-0.3, -0.25) is 4.79 Å². The highest BCUT2D eigenvalue weighted by Crippen LogP contribution is 2.29. The number of aryl methyl sites for hydroxylation is 1. The Morgan fingerprint density at radius 2 is 1.97 bits per heavy atom. The molecule has 8 heteroatoms. The zero-order valence-corrected chi connectivity index (χ0v) is 17.0. The SMILES string of the molecule is Cc1cccc(OCCCC(=O)N2CCCN(c3ccc(C(F)(F)F)cn3)CC2)c1. The van der Waals surface area contributed by atoms with Gasteiger partial charge in [0.25, 0.3) is 0 Å². The third kappa shape index (κ3) is 6.11. The lowest BCUT2D eigenvalue weighted by molar-refractivity contribution is -0.137. The molecule has 0 atom stereocenters. The number of alkyl halides is 3. The van der Waals surface area contributed by atoms with Crippen molar-refractivity contribution in [3.63, 3.8) is 0 Å². The fourth-order valence-electron chi connectivity index (χ4n) is 3.41. The molecular weight excluding hydrogens is 395 g/mol. The van der Waals surface area contributed by atoms with E-state index in [0.717, 1.165) is 30.0 Å². The van der Waals surface area contributed by atoms with E-state index in [-0.39, 0.29) is 5.91 Å². The summed E-state index contributed by atoms with van der Waals surface area (Å²) >= 11 is 0. The van der Waals surface area contributed by atoms with Crippen LogP contribution in [-0.2, 0) is 11.0 Å². The normalized spacial score (nSPS) is 15.1. The van der Waals surface area contributed by atoms with Crippen LogP contribution in [0.25, 0.3) is 0 Å². The monoisotopic (exact) mass is 421 g/mol. The molecule has 1 fully saturated rings. The van der Waals surface area contributed by atoms with E-state index in [4.69, 9.17) is 4.74 Å². The van der Waals surface area contributed by atoms with Crippen molar-refractivity contribution in [1.29, 1.82) is 0 Å². The predicted molar refractivity (Wildman–Crippen MR) is 109 cm³/mol. The summed E-state index contributed by atoms with van der Waals surface area (Å²) in [4.78, 5) is 20.2. The van der Waals surface area contributed by atoms with Gasteiger partial charge in [0.2, 0.25) is 5.91 Å². The third-order valence-corrected chi connectivity index (χ3v) is 5.04. The molecule has 1 aromatic carbocycles. The summed E-state index contributed by atoms with van der Waals surface area (Å²) in [5, 5.41) is 0. The minimum atomic E-state index is -4.39. The fraction of sp³-hybridized carbons (Fsp3) is 0.455. The lowest BCUT2D eigenvalue weighted by Gasteiger charge is -2.23. The van der Waals surface area contributed by atoms with E-state index in [1.807, 2.05) is 41.0 Å². The van der Waals surface area contributed by atoms with Crippen LogP contribution in [0.3, 0.4) is 0 Å². The highest BCUT2D eigenvalue weighted by Gasteiger charge is 2.31. The molecule has 1 aliphatic heterocycles. The molecule has 5 nitrogen and oxygen atoms in total. The Bertz CT molecular complexity index is 840. The Labute approximate surface area is 174 Å². The van der Waals surface area contributed by atoms with E-state index >= 15 is 0 Å². The first-order valence-electron chi connectivity index (χ1n) is 10.1. The molecule has 0 aliphatic carbocycles. The first-order valence-corrected chi connectivity index (χ1v) is 10.1. The molecule has 1 aliphatic rings. The summed E-state index contributed by atoms with van der Waals surface area (Å²) in [7, 11) is 0. The van der Waals surface area contributed by atoms with E-state index < -0.39 is 11.7 Å². The van der Waals surface area contributed by atoms with Gasteiger partial charge >= 0.3 is 6.18 Å². The summed E-state index contributed by atoms with van der Waals surface area (Å²) in [6.07, 6.45) is -1.75. The van der Waals surface area contributed by atoms with Gasteiger partial charge < -0.3 is 14.5 Å². The second kappa shape index (κ2) is 9.82. The van der Waals surface area contributed by atoms with Gasteiger partial charge in [0.05, 0.1) is 12.2 Å². The lowest BCUT2D eigenvalue weighted by atomic mass is 10.2. The van der Waals surface area contributed by atoms with E-state index in [0.29, 0.717) is 51.4 Å². The number of nitrogens with zero attached hydrogens (tertiary/aromatic N) is 3. The second-order valence-corrected chi connectivity index (χ2v) is 7.39. The topological polar surface area (TPSA) is 45.7 Å². The van der Waals surface area contributed by atoms with E-state index in [1.165, 1.54) is 6.07 Å². The number of ether oxygens (including phenoxy) is 1. The minimum Gasteiger partial charge on any atom is -0.494 e. The summed E-state index contributed by atoms with van der Waals surface area (Å²) in [5.41, 5.74) is 0.367. The van der Waals surface area contributed by atoms with Crippen LogP contribution in [0.4, 0.5) is 19.0 Å². The van der Waals surface area contributed by atoms with Crippen LogP contribution in [0.1, 0.15) is 30.4 Å². The van der Waals surface area contributed by atoms with E-state index in [2.05, 4.69) is 4.98 Å². The number of aromatic nitrogens is 1. The molecule has 0 bridgehead atoms. The Morgan fingerprint density at radius 1 is 1.13 bits per heavy atom. The number of carbonyl (C=O) groups is 1. The molecule has 1 saturated heterocycles. The van der Waals surface area contributed by atoms with Gasteiger partial charge in [0.1, 0.15) is 11.6 Å². The van der Waals surface area contributed by atoms with E-state index in [9.17, 15) is 18.0 Å². The molecule has 0 saturated carbocycles. The maximum absolute atomic E-state index is 12.7. The van der Waals surface area contributed by atoms with Crippen LogP contribution in [0.5, 0.6) is 5.75 Å². The number of pyridine rings is 1. The Balaban J connectivity index is 1.44. The first kappa shape index (κ1) is 21.9. The number of anilines is 1. The van der Waals surface area contributed by atoms with Crippen LogP contribution in [0.2, 0.25) is 0 Å². The van der Waals surface area contributed by atoms with Crippen molar-refractivity contribution in [2.24, 2.45) is 0 Å². The van der Waals surface area contributed by atoms with Gasteiger partial charge in [-0.2, -0.15) is 13.2 Å². The maximum Gasteiger partial charge on any atom is 0.417 e. The Morgan fingerprint density at radius 3 is 2.67 bits per heavy atom. The molecule has 30 heavy (non-hydrogen) atoms. The van der Waals surface area contributed by atoms with E-state index in [1.54, 1.807) is 0 Å². The summed E-state index contributed by atoms with van der Waals surface area (Å²) < 4.78 is 43.8. The summed E-state index contributed by atoms with van der Waals surface area (Å²) in [6.45, 7) is 4.83. The molecular formula is C22H26F3N3O2. The van der Waals surface area contributed by atoms with Crippen LogP contribution in [0, 0.1) is 6.92 Å². The number of benzene rings is 1. The molecule has 2 aromatic rings. The highest BCUT2D eigenvalue weighted by molar-refractivity contribution is 5.76. The molecule has 162 valence electrons. The Hall–Kier alpha value is -2.77. The number of carbonyl (C=O) groups excluding carboxylic acids is 1. The fourth-order valence-corrected chi connectivity index (χ4v) is 3.41. The van der Waals surface area contributed by atoms with Crippen molar-refractivity contribution in [2.75, 3.05) is 37.7 Å². The number of rotatable bonds is 6. The van der Waals surface area contributed by atoms with Crippen molar-refractivity contribution in [1.82, 2.24) is 9.88 Å². The molecule has 0 radical (unpaired) electrons. The number of halogens is 3. The van der Waals surface area contributed by atoms with Crippen molar-refractivity contribution in [2.45, 2.75) is 32.4 Å². The average molecular weight is 421 g/mol. The van der Waals surface area contributed by atoms with Crippen molar-refractivity contribution >= 4 is 11.7 Å². The minimum absolute atomic E-state index is 0.0741. The Kier molecular flexibility index (Phi) is 7.18. The lowest BCUT2D eigenvalue weighted by Crippen LogP contribution is -2.35. The summed E-state index contributed by atoms with van der Waals surface area (Å²) in [5.74, 6) is 1.38. The van der Waals surface area contributed by atoms with Gasteiger partial charge in [-0.15, -0.1) is 0 Å². The molecule has 0 N–H and O–H groups in total. The van der Waals surface area contributed by atoms with Gasteiger partial charge in [0, 0.05) is 38.8 Å². The van der Waals surface area contributed by atoms with Crippen molar-refractivity contribution in [3.05, 3.63) is 53.7 Å². The smallest absolute Gasteiger partial charge is 0.417 e. The van der Waals surface area contributed by atoms with Crippen LogP contribution < -0.4 is 9.64 Å². The number of hydrogen-bond donors (Lipinski definition) is 0. The van der Waals surface area contributed by atoms with Crippen LogP contribution >= 0.6 is 0 Å².